The standard InChI is InChI=1S/C68H46N2S/c1-5-20-48(21-6-1)56-40-42-65(61-30-15-13-28-59(56)61)69(52-24-9-3-10-25-52)54-44-51(47-36-38-50(39-37-47)58-33-19-34-64-63-32-17-18-35-67(63)71-68(58)64)45-55(46-54)70(53-26-11-4-12-27-53)66-43-41-57(49-22-7-2-8-23-49)60-29-14-16-31-62(60)66/h1-46H/i1D,5D,6D,20D,21D. The molecule has 0 atom stereocenters. The van der Waals surface area contributed by atoms with Crippen LogP contribution < -0.4 is 9.80 Å². The highest BCUT2D eigenvalue weighted by molar-refractivity contribution is 7.26. The highest BCUT2D eigenvalue weighted by Crippen LogP contribution is 2.48. The molecule has 0 fully saturated rings. The van der Waals surface area contributed by atoms with Gasteiger partial charge in [0, 0.05) is 53.7 Å². The Kier molecular flexibility index (Phi) is 9.44. The molecule has 1 heterocycles. The SMILES string of the molecule is [2H]c1c([2H])c([2H])c(-c2ccc(N(c3ccccc3)c3cc(-c4ccc(-c5cccc6c5sc5ccccc56)cc4)cc(N(c4ccccc4)c4ccc(-c5ccccc5)c5ccccc45)c3)c3ccccc23)c([2H])c1[2H]. The summed E-state index contributed by atoms with van der Waals surface area (Å²) in [5, 5.41) is 6.40. The molecular formula is C68H46N2S. The Labute approximate surface area is 425 Å². The van der Waals surface area contributed by atoms with E-state index in [1.54, 1.807) is 0 Å². The first-order valence-corrected chi connectivity index (χ1v) is 24.6. The van der Waals surface area contributed by atoms with Gasteiger partial charge in [-0.3, -0.25) is 0 Å². The normalized spacial score (nSPS) is 12.4. The minimum atomic E-state index is -0.418. The maximum atomic E-state index is 9.01. The molecule has 3 heteroatoms. The summed E-state index contributed by atoms with van der Waals surface area (Å²) in [6, 6.07) is 85.8. The zero-order chi connectivity index (χ0) is 51.4. The second kappa shape index (κ2) is 18.1. The van der Waals surface area contributed by atoms with Crippen LogP contribution in [0.25, 0.3) is 86.2 Å². The van der Waals surface area contributed by atoms with Crippen LogP contribution in [0.3, 0.4) is 0 Å². The lowest BCUT2D eigenvalue weighted by atomic mass is 9.95. The van der Waals surface area contributed by atoms with Gasteiger partial charge in [-0.25, -0.2) is 0 Å². The summed E-state index contributed by atoms with van der Waals surface area (Å²) in [4.78, 5) is 4.64. The monoisotopic (exact) mass is 927 g/mol. The van der Waals surface area contributed by atoms with Crippen molar-refractivity contribution >= 4 is 87.2 Å². The van der Waals surface area contributed by atoms with Crippen LogP contribution in [0.15, 0.2) is 279 Å². The van der Waals surface area contributed by atoms with E-state index in [1.165, 1.54) is 25.7 Å². The first-order valence-electron chi connectivity index (χ1n) is 26.3. The van der Waals surface area contributed by atoms with Crippen LogP contribution in [0, 0.1) is 0 Å². The number of fused-ring (bicyclic) bond motifs is 5. The molecule has 0 amide bonds. The van der Waals surface area contributed by atoms with Gasteiger partial charge in [-0.2, -0.15) is 0 Å². The summed E-state index contributed by atoms with van der Waals surface area (Å²) in [5.41, 5.74) is 13.1. The van der Waals surface area contributed by atoms with E-state index in [0.29, 0.717) is 5.56 Å². The predicted octanol–water partition coefficient (Wildman–Crippen LogP) is 20.0. The molecule has 0 spiro atoms. The summed E-state index contributed by atoms with van der Waals surface area (Å²) in [6.07, 6.45) is 0. The van der Waals surface area contributed by atoms with Crippen molar-refractivity contribution in [2.45, 2.75) is 0 Å². The Balaban J connectivity index is 1.05. The van der Waals surface area contributed by atoms with Gasteiger partial charge in [0.25, 0.3) is 0 Å². The average molecular weight is 928 g/mol. The van der Waals surface area contributed by atoms with Gasteiger partial charge in [0.15, 0.2) is 0 Å². The van der Waals surface area contributed by atoms with E-state index in [1.807, 2.05) is 59.9 Å². The Hall–Kier alpha value is -9.02. The van der Waals surface area contributed by atoms with E-state index in [0.717, 1.165) is 83.5 Å². The topological polar surface area (TPSA) is 6.48 Å². The Morgan fingerprint density at radius 3 is 1.34 bits per heavy atom. The third-order valence-corrected chi connectivity index (χ3v) is 14.7. The molecule has 0 saturated carbocycles. The van der Waals surface area contributed by atoms with Crippen molar-refractivity contribution in [3.05, 3.63) is 279 Å². The molecule has 0 unspecified atom stereocenters. The molecule has 71 heavy (non-hydrogen) atoms. The average Bonchev–Trinajstić information content (AvgIpc) is 3.94. The number of hydrogen-bond acceptors (Lipinski definition) is 3. The molecule has 0 N–H and O–H groups in total. The fourth-order valence-electron chi connectivity index (χ4n) is 10.3. The fraction of sp³-hybridized carbons (Fsp3) is 0. The maximum absolute atomic E-state index is 9.01. The van der Waals surface area contributed by atoms with E-state index >= 15 is 0 Å². The molecule has 0 aliphatic rings. The molecular weight excluding hydrogens is 877 g/mol. The summed E-state index contributed by atoms with van der Waals surface area (Å²) in [6.45, 7) is 0. The highest BCUT2D eigenvalue weighted by Gasteiger charge is 2.23. The lowest BCUT2D eigenvalue weighted by Gasteiger charge is -2.32. The van der Waals surface area contributed by atoms with Gasteiger partial charge in [-0.1, -0.05) is 218 Å². The lowest BCUT2D eigenvalue weighted by Crippen LogP contribution is -2.14. The summed E-state index contributed by atoms with van der Waals surface area (Å²) >= 11 is 1.84. The zero-order valence-corrected chi connectivity index (χ0v) is 39.3. The Morgan fingerprint density at radius 1 is 0.282 bits per heavy atom. The van der Waals surface area contributed by atoms with Crippen molar-refractivity contribution in [2.24, 2.45) is 0 Å². The number of rotatable bonds is 10. The summed E-state index contributed by atoms with van der Waals surface area (Å²) < 4.78 is 46.1. The number of hydrogen-bond donors (Lipinski definition) is 0. The number of benzene rings is 12. The Morgan fingerprint density at radius 2 is 0.746 bits per heavy atom. The zero-order valence-electron chi connectivity index (χ0n) is 43.5. The quantitative estimate of drug-likeness (QED) is 0.135. The van der Waals surface area contributed by atoms with Crippen molar-refractivity contribution in [1.82, 2.24) is 0 Å². The van der Waals surface area contributed by atoms with Crippen LogP contribution in [0.5, 0.6) is 0 Å². The van der Waals surface area contributed by atoms with Crippen molar-refractivity contribution in [1.29, 1.82) is 0 Å². The van der Waals surface area contributed by atoms with E-state index in [2.05, 4.69) is 210 Å². The maximum Gasteiger partial charge on any atom is 0.0629 e. The van der Waals surface area contributed by atoms with Crippen molar-refractivity contribution < 1.29 is 6.85 Å². The largest absolute Gasteiger partial charge is 0.310 e. The molecule has 1 aromatic heterocycles. The first-order chi connectivity index (χ1) is 37.3. The molecule has 334 valence electrons. The van der Waals surface area contributed by atoms with Crippen LogP contribution in [-0.2, 0) is 0 Å². The molecule has 13 aromatic rings. The van der Waals surface area contributed by atoms with E-state index < -0.39 is 6.04 Å². The second-order valence-electron chi connectivity index (χ2n) is 17.7. The van der Waals surface area contributed by atoms with Gasteiger partial charge in [0.05, 0.1) is 18.2 Å². The van der Waals surface area contributed by atoms with Crippen molar-refractivity contribution in [2.75, 3.05) is 9.80 Å². The third-order valence-electron chi connectivity index (χ3n) is 13.5. The molecule has 0 bridgehead atoms. The van der Waals surface area contributed by atoms with Gasteiger partial charge < -0.3 is 9.80 Å². The smallest absolute Gasteiger partial charge is 0.0629 e. The van der Waals surface area contributed by atoms with Crippen LogP contribution in [0.4, 0.5) is 34.1 Å². The molecule has 0 aliphatic carbocycles. The van der Waals surface area contributed by atoms with Crippen LogP contribution >= 0.6 is 11.3 Å². The number of para-hydroxylation sites is 2. The summed E-state index contributed by atoms with van der Waals surface area (Å²) in [7, 11) is 0. The minimum Gasteiger partial charge on any atom is -0.310 e. The number of nitrogens with zero attached hydrogens (tertiary/aromatic N) is 2. The van der Waals surface area contributed by atoms with Crippen molar-refractivity contribution in [3.8, 4) is 44.5 Å². The van der Waals surface area contributed by atoms with E-state index in [-0.39, 0.29) is 29.7 Å². The van der Waals surface area contributed by atoms with Gasteiger partial charge in [0.1, 0.15) is 0 Å². The fourth-order valence-corrected chi connectivity index (χ4v) is 11.5. The van der Waals surface area contributed by atoms with Crippen molar-refractivity contribution in [3.63, 3.8) is 0 Å². The molecule has 2 nitrogen and oxygen atoms in total. The lowest BCUT2D eigenvalue weighted by molar-refractivity contribution is 1.26. The molecule has 13 rings (SSSR count). The second-order valence-corrected chi connectivity index (χ2v) is 18.7. The Bertz CT molecular complexity index is 4320. The van der Waals surface area contributed by atoms with Gasteiger partial charge in [-0.05, 0) is 116 Å². The highest BCUT2D eigenvalue weighted by atomic mass is 32.1. The molecule has 12 aromatic carbocycles. The first kappa shape index (κ1) is 36.9. The van der Waals surface area contributed by atoms with E-state index in [9.17, 15) is 0 Å². The molecule has 0 saturated heterocycles. The molecule has 0 aliphatic heterocycles. The van der Waals surface area contributed by atoms with Gasteiger partial charge in [-0.15, -0.1) is 11.3 Å². The molecule has 0 radical (unpaired) electrons. The minimum absolute atomic E-state index is 0.167. The van der Waals surface area contributed by atoms with Crippen LogP contribution in [-0.4, -0.2) is 0 Å². The number of thiophene rings is 1. The van der Waals surface area contributed by atoms with Crippen LogP contribution in [0.1, 0.15) is 6.85 Å². The van der Waals surface area contributed by atoms with Gasteiger partial charge >= 0.3 is 0 Å². The summed E-state index contributed by atoms with van der Waals surface area (Å²) in [5.74, 6) is 0. The predicted molar refractivity (Wildman–Crippen MR) is 305 cm³/mol. The third kappa shape index (κ3) is 7.70. The number of anilines is 6. The van der Waals surface area contributed by atoms with E-state index in [4.69, 9.17) is 6.85 Å². The van der Waals surface area contributed by atoms with Crippen LogP contribution in [0.2, 0.25) is 0 Å². The van der Waals surface area contributed by atoms with Gasteiger partial charge in [0.2, 0.25) is 0 Å².